The van der Waals surface area contributed by atoms with Crippen LogP contribution in [0.15, 0.2) is 30.3 Å². The Morgan fingerprint density at radius 3 is 3.05 bits per heavy atom. The fourth-order valence-corrected chi connectivity index (χ4v) is 2.66. The second-order valence-corrected chi connectivity index (χ2v) is 5.34. The van der Waals surface area contributed by atoms with Crippen molar-refractivity contribution in [3.05, 3.63) is 35.9 Å². The molecule has 1 aromatic heterocycles. The molecule has 2 aromatic rings. The van der Waals surface area contributed by atoms with Crippen LogP contribution in [0.5, 0.6) is 0 Å². The molecule has 1 aromatic carbocycles. The zero-order valence-electron chi connectivity index (χ0n) is 11.7. The molecule has 0 spiro atoms. The second-order valence-electron chi connectivity index (χ2n) is 5.34. The van der Waals surface area contributed by atoms with E-state index in [0.717, 1.165) is 32.6 Å². The molecule has 1 atom stereocenters. The molecule has 1 unspecified atom stereocenters. The summed E-state index contributed by atoms with van der Waals surface area (Å²) in [5, 5.41) is 13.3. The molecule has 0 radical (unpaired) electrons. The van der Waals surface area contributed by atoms with Crippen LogP contribution < -0.4 is 5.32 Å². The van der Waals surface area contributed by atoms with Crippen molar-refractivity contribution in [3.63, 3.8) is 0 Å². The van der Waals surface area contributed by atoms with Crippen LogP contribution in [0.4, 0.5) is 5.82 Å². The molecule has 5 nitrogen and oxygen atoms in total. The van der Waals surface area contributed by atoms with E-state index in [2.05, 4.69) is 10.3 Å². The summed E-state index contributed by atoms with van der Waals surface area (Å²) in [4.78, 5) is 15.9. The maximum Gasteiger partial charge on any atom is 0.336 e. The van der Waals surface area contributed by atoms with Gasteiger partial charge in [0.2, 0.25) is 0 Å². The number of hydrogen-bond donors (Lipinski definition) is 2. The van der Waals surface area contributed by atoms with E-state index in [9.17, 15) is 9.90 Å². The van der Waals surface area contributed by atoms with Crippen LogP contribution in [0.1, 0.15) is 23.2 Å². The molecule has 0 aliphatic carbocycles. The fraction of sp³-hybridized carbons (Fsp3) is 0.375. The lowest BCUT2D eigenvalue weighted by Crippen LogP contribution is -2.24. The van der Waals surface area contributed by atoms with E-state index in [1.807, 2.05) is 18.2 Å². The number of fused-ring (bicyclic) bond motifs is 1. The highest BCUT2D eigenvalue weighted by atomic mass is 16.5. The molecule has 2 heterocycles. The number of hydrogen-bond acceptors (Lipinski definition) is 4. The van der Waals surface area contributed by atoms with E-state index in [1.165, 1.54) is 0 Å². The Bertz CT molecular complexity index is 651. The lowest BCUT2D eigenvalue weighted by molar-refractivity contribution is 0.0594. The van der Waals surface area contributed by atoms with Gasteiger partial charge in [-0.2, -0.15) is 0 Å². The topological polar surface area (TPSA) is 71.5 Å². The van der Waals surface area contributed by atoms with Crippen LogP contribution in [0.2, 0.25) is 0 Å². The number of anilines is 1. The summed E-state index contributed by atoms with van der Waals surface area (Å²) < 4.78 is 5.45. The van der Waals surface area contributed by atoms with Gasteiger partial charge >= 0.3 is 5.97 Å². The van der Waals surface area contributed by atoms with Crippen molar-refractivity contribution in [2.24, 2.45) is 5.92 Å². The summed E-state index contributed by atoms with van der Waals surface area (Å²) in [6.07, 6.45) is 2.21. The standard InChI is InChI=1S/C16H18N2O3/c19-16(20)13-8-15(17-9-11-4-3-7-21-10-11)18-14-6-2-1-5-12(13)14/h1-2,5-6,8,11H,3-4,7,9-10H2,(H,17,18)(H,19,20). The predicted molar refractivity (Wildman–Crippen MR) is 80.7 cm³/mol. The van der Waals surface area contributed by atoms with Gasteiger partial charge in [0.25, 0.3) is 0 Å². The Balaban J connectivity index is 1.83. The average molecular weight is 286 g/mol. The number of pyridine rings is 1. The van der Waals surface area contributed by atoms with E-state index in [1.54, 1.807) is 12.1 Å². The van der Waals surface area contributed by atoms with Gasteiger partial charge in [0.1, 0.15) is 5.82 Å². The van der Waals surface area contributed by atoms with Crippen molar-refractivity contribution >= 4 is 22.7 Å². The van der Waals surface area contributed by atoms with E-state index in [4.69, 9.17) is 4.74 Å². The normalized spacial score (nSPS) is 18.6. The number of carboxylic acids is 1. The first kappa shape index (κ1) is 13.8. The van der Waals surface area contributed by atoms with Crippen molar-refractivity contribution in [1.29, 1.82) is 0 Å². The molecule has 21 heavy (non-hydrogen) atoms. The van der Waals surface area contributed by atoms with Crippen molar-refractivity contribution in [2.45, 2.75) is 12.8 Å². The molecule has 0 saturated carbocycles. The third kappa shape index (κ3) is 3.13. The van der Waals surface area contributed by atoms with Crippen LogP contribution >= 0.6 is 0 Å². The van der Waals surface area contributed by atoms with Gasteiger partial charge in [-0.25, -0.2) is 9.78 Å². The minimum atomic E-state index is -0.933. The highest BCUT2D eigenvalue weighted by Gasteiger charge is 2.15. The SMILES string of the molecule is O=C(O)c1cc(NCC2CCCOC2)nc2ccccc12. The maximum absolute atomic E-state index is 11.4. The number of carboxylic acid groups (broad SMARTS) is 1. The lowest BCUT2D eigenvalue weighted by Gasteiger charge is -2.22. The van der Waals surface area contributed by atoms with Gasteiger partial charge < -0.3 is 15.2 Å². The molecule has 1 saturated heterocycles. The molecule has 1 aliphatic rings. The van der Waals surface area contributed by atoms with Gasteiger partial charge in [-0.15, -0.1) is 0 Å². The average Bonchev–Trinajstić information content (AvgIpc) is 2.53. The fourth-order valence-electron chi connectivity index (χ4n) is 2.66. The molecule has 0 amide bonds. The number of aromatic nitrogens is 1. The molecule has 2 N–H and O–H groups in total. The quantitative estimate of drug-likeness (QED) is 0.904. The molecule has 110 valence electrons. The summed E-state index contributed by atoms with van der Waals surface area (Å²) in [6.45, 7) is 2.35. The molecule has 5 heteroatoms. The molecule has 1 aliphatic heterocycles. The molecule has 0 bridgehead atoms. The van der Waals surface area contributed by atoms with Gasteiger partial charge in [0.05, 0.1) is 17.7 Å². The van der Waals surface area contributed by atoms with Gasteiger partial charge in [0, 0.05) is 18.5 Å². The number of ether oxygens (including phenoxy) is 1. The number of nitrogens with zero attached hydrogens (tertiary/aromatic N) is 1. The zero-order chi connectivity index (χ0) is 14.7. The van der Waals surface area contributed by atoms with E-state index in [0.29, 0.717) is 22.6 Å². The van der Waals surface area contributed by atoms with Crippen molar-refractivity contribution in [2.75, 3.05) is 25.1 Å². The molecular weight excluding hydrogens is 268 g/mol. The molecule has 3 rings (SSSR count). The Morgan fingerprint density at radius 1 is 1.43 bits per heavy atom. The predicted octanol–water partition coefficient (Wildman–Crippen LogP) is 2.77. The Morgan fingerprint density at radius 2 is 2.29 bits per heavy atom. The summed E-state index contributed by atoms with van der Waals surface area (Å²) in [5.74, 6) is 0.134. The third-order valence-corrected chi connectivity index (χ3v) is 3.77. The summed E-state index contributed by atoms with van der Waals surface area (Å²) in [7, 11) is 0. The second kappa shape index (κ2) is 6.10. The lowest BCUT2D eigenvalue weighted by atomic mass is 10.0. The van der Waals surface area contributed by atoms with Crippen LogP contribution in [0.3, 0.4) is 0 Å². The maximum atomic E-state index is 11.4. The van der Waals surface area contributed by atoms with Crippen LogP contribution in [0.25, 0.3) is 10.9 Å². The van der Waals surface area contributed by atoms with Crippen molar-refractivity contribution in [3.8, 4) is 0 Å². The van der Waals surface area contributed by atoms with E-state index < -0.39 is 5.97 Å². The summed E-state index contributed by atoms with van der Waals surface area (Å²) in [6, 6.07) is 8.90. The van der Waals surface area contributed by atoms with E-state index in [-0.39, 0.29) is 5.56 Å². The van der Waals surface area contributed by atoms with Crippen LogP contribution in [0, 0.1) is 5.92 Å². The smallest absolute Gasteiger partial charge is 0.336 e. The zero-order valence-corrected chi connectivity index (χ0v) is 11.7. The van der Waals surface area contributed by atoms with Gasteiger partial charge in [-0.05, 0) is 30.9 Å². The minimum Gasteiger partial charge on any atom is -0.478 e. The van der Waals surface area contributed by atoms with Crippen molar-refractivity contribution < 1.29 is 14.6 Å². The number of nitrogens with one attached hydrogen (secondary N) is 1. The Labute approximate surface area is 123 Å². The number of para-hydroxylation sites is 1. The minimum absolute atomic E-state index is 0.281. The summed E-state index contributed by atoms with van der Waals surface area (Å²) >= 11 is 0. The number of aromatic carboxylic acids is 1. The van der Waals surface area contributed by atoms with Crippen LogP contribution in [-0.2, 0) is 4.74 Å². The molecule has 1 fully saturated rings. The first-order chi connectivity index (χ1) is 10.2. The summed E-state index contributed by atoms with van der Waals surface area (Å²) in [5.41, 5.74) is 0.975. The first-order valence-corrected chi connectivity index (χ1v) is 7.19. The number of carbonyl (C=O) groups is 1. The highest BCUT2D eigenvalue weighted by Crippen LogP contribution is 2.21. The van der Waals surface area contributed by atoms with Crippen LogP contribution in [-0.4, -0.2) is 35.8 Å². The van der Waals surface area contributed by atoms with Gasteiger partial charge in [0.15, 0.2) is 0 Å². The monoisotopic (exact) mass is 286 g/mol. The highest BCUT2D eigenvalue weighted by molar-refractivity contribution is 6.03. The van der Waals surface area contributed by atoms with Gasteiger partial charge in [-0.1, -0.05) is 18.2 Å². The molecular formula is C16H18N2O3. The third-order valence-electron chi connectivity index (χ3n) is 3.77. The largest absolute Gasteiger partial charge is 0.478 e. The Kier molecular flexibility index (Phi) is 4.01. The number of benzene rings is 1. The first-order valence-electron chi connectivity index (χ1n) is 7.19. The van der Waals surface area contributed by atoms with Crippen molar-refractivity contribution in [1.82, 2.24) is 4.98 Å². The van der Waals surface area contributed by atoms with E-state index >= 15 is 0 Å². The van der Waals surface area contributed by atoms with Gasteiger partial charge in [-0.3, -0.25) is 0 Å². The Hall–Kier alpha value is -2.14. The number of rotatable bonds is 4.